The van der Waals surface area contributed by atoms with Gasteiger partial charge in [-0.2, -0.15) is 0 Å². The van der Waals surface area contributed by atoms with Gasteiger partial charge in [0.1, 0.15) is 5.82 Å². The predicted octanol–water partition coefficient (Wildman–Crippen LogP) is 4.15. The Labute approximate surface area is 187 Å². The molecule has 0 aliphatic rings. The van der Waals surface area contributed by atoms with Gasteiger partial charge >= 0.3 is 0 Å². The summed E-state index contributed by atoms with van der Waals surface area (Å²) in [5, 5.41) is 2.82. The van der Waals surface area contributed by atoms with Crippen LogP contribution < -0.4 is 10.0 Å². The number of aromatic nitrogens is 2. The molecule has 164 valence electrons. The Hall–Kier alpha value is -3.49. The maximum absolute atomic E-state index is 12.7. The van der Waals surface area contributed by atoms with Crippen molar-refractivity contribution in [3.8, 4) is 11.4 Å². The number of nitrogens with one attached hydrogen (secondary N) is 3. The fourth-order valence-electron chi connectivity index (χ4n) is 3.44. The zero-order valence-corrected chi connectivity index (χ0v) is 18.7. The van der Waals surface area contributed by atoms with Crippen molar-refractivity contribution in [2.24, 2.45) is 0 Å². The van der Waals surface area contributed by atoms with Crippen LogP contribution in [0.4, 0.5) is 5.69 Å². The molecule has 32 heavy (non-hydrogen) atoms. The van der Waals surface area contributed by atoms with Gasteiger partial charge in [-0.1, -0.05) is 48.0 Å². The van der Waals surface area contributed by atoms with Gasteiger partial charge in [-0.05, 0) is 43.7 Å². The molecule has 1 aromatic heterocycles. The molecule has 7 nitrogen and oxygen atoms in total. The quantitative estimate of drug-likeness (QED) is 0.395. The van der Waals surface area contributed by atoms with E-state index in [1.165, 1.54) is 6.07 Å². The number of aryl methyl sites for hydroxylation is 2. The average Bonchev–Trinajstić information content (AvgIpc) is 3.20. The van der Waals surface area contributed by atoms with Crippen LogP contribution in [0.25, 0.3) is 22.4 Å². The molecule has 0 spiro atoms. The van der Waals surface area contributed by atoms with E-state index in [0.29, 0.717) is 16.9 Å². The Kier molecular flexibility index (Phi) is 6.07. The van der Waals surface area contributed by atoms with E-state index in [4.69, 9.17) is 0 Å². The van der Waals surface area contributed by atoms with Gasteiger partial charge in [0.05, 0.1) is 15.9 Å². The van der Waals surface area contributed by atoms with Crippen molar-refractivity contribution in [3.05, 3.63) is 77.9 Å². The molecule has 4 rings (SSSR count). The summed E-state index contributed by atoms with van der Waals surface area (Å²) < 4.78 is 27.9. The normalized spacial score (nSPS) is 11.6. The molecule has 0 saturated heterocycles. The van der Waals surface area contributed by atoms with Crippen LogP contribution in [0.3, 0.4) is 0 Å². The first-order chi connectivity index (χ1) is 15.3. The van der Waals surface area contributed by atoms with Crippen LogP contribution in [0, 0.1) is 13.8 Å². The molecule has 3 aromatic carbocycles. The standard InChI is InChI=1S/C24H24N4O3S/c1-16-8-10-20(17(2)14-16)26-23(29)12-13-25-32(30,31)19-9-11-21-22(15-19)28-24(27-21)18-6-4-3-5-7-18/h3-11,14-15,25H,12-13H2,1-2H3,(H,26,29)(H,27,28). The molecular formula is C24H24N4O3S. The largest absolute Gasteiger partial charge is 0.338 e. The molecule has 0 fully saturated rings. The highest BCUT2D eigenvalue weighted by Crippen LogP contribution is 2.22. The number of sulfonamides is 1. The molecule has 1 heterocycles. The minimum Gasteiger partial charge on any atom is -0.338 e. The third-order valence-electron chi connectivity index (χ3n) is 5.11. The van der Waals surface area contributed by atoms with Crippen LogP contribution in [0.1, 0.15) is 17.5 Å². The minimum atomic E-state index is -3.77. The van der Waals surface area contributed by atoms with E-state index in [0.717, 1.165) is 22.4 Å². The van der Waals surface area contributed by atoms with Crippen LogP contribution in [-0.2, 0) is 14.8 Å². The number of imidazole rings is 1. The monoisotopic (exact) mass is 448 g/mol. The molecule has 0 radical (unpaired) electrons. The van der Waals surface area contributed by atoms with Crippen LogP contribution in [0.2, 0.25) is 0 Å². The van der Waals surface area contributed by atoms with Crippen molar-refractivity contribution >= 4 is 32.7 Å². The van der Waals surface area contributed by atoms with E-state index in [2.05, 4.69) is 20.0 Å². The highest BCUT2D eigenvalue weighted by atomic mass is 32.2. The van der Waals surface area contributed by atoms with Gasteiger partial charge in [-0.25, -0.2) is 18.1 Å². The molecule has 0 unspecified atom stereocenters. The molecule has 0 saturated carbocycles. The first-order valence-electron chi connectivity index (χ1n) is 10.2. The molecule has 0 aliphatic heterocycles. The van der Waals surface area contributed by atoms with Gasteiger partial charge in [0.2, 0.25) is 15.9 Å². The Bertz CT molecular complexity index is 1380. The summed E-state index contributed by atoms with van der Waals surface area (Å²) >= 11 is 0. The number of hydrogen-bond acceptors (Lipinski definition) is 4. The highest BCUT2D eigenvalue weighted by molar-refractivity contribution is 7.89. The van der Waals surface area contributed by atoms with Crippen LogP contribution >= 0.6 is 0 Å². The fraction of sp³-hybridized carbons (Fsp3) is 0.167. The molecule has 0 atom stereocenters. The van der Waals surface area contributed by atoms with Crippen molar-refractivity contribution in [2.75, 3.05) is 11.9 Å². The molecule has 3 N–H and O–H groups in total. The molecular weight excluding hydrogens is 424 g/mol. The topological polar surface area (TPSA) is 104 Å². The lowest BCUT2D eigenvalue weighted by molar-refractivity contribution is -0.116. The Morgan fingerprint density at radius 3 is 2.53 bits per heavy atom. The van der Waals surface area contributed by atoms with Crippen LogP contribution in [0.15, 0.2) is 71.6 Å². The summed E-state index contributed by atoms with van der Waals surface area (Å²) in [5.74, 6) is 0.419. The number of benzene rings is 3. The maximum Gasteiger partial charge on any atom is 0.240 e. The van der Waals surface area contributed by atoms with Gasteiger partial charge in [0, 0.05) is 24.2 Å². The number of nitrogens with zero attached hydrogens (tertiary/aromatic N) is 1. The number of hydrogen-bond donors (Lipinski definition) is 3. The molecule has 4 aromatic rings. The minimum absolute atomic E-state index is 0.00461. The van der Waals surface area contributed by atoms with E-state index in [1.54, 1.807) is 12.1 Å². The Morgan fingerprint density at radius 2 is 1.78 bits per heavy atom. The number of H-pyrrole nitrogens is 1. The van der Waals surface area contributed by atoms with Gasteiger partial charge in [-0.15, -0.1) is 0 Å². The van der Waals surface area contributed by atoms with Crippen molar-refractivity contribution < 1.29 is 13.2 Å². The predicted molar refractivity (Wildman–Crippen MR) is 126 cm³/mol. The summed E-state index contributed by atoms with van der Waals surface area (Å²) in [6.45, 7) is 3.89. The molecule has 8 heteroatoms. The lowest BCUT2D eigenvalue weighted by atomic mass is 10.1. The lowest BCUT2D eigenvalue weighted by Gasteiger charge is -2.10. The number of aromatic amines is 1. The number of carbonyl (C=O) groups excluding carboxylic acids is 1. The van der Waals surface area contributed by atoms with E-state index in [1.807, 2.05) is 62.4 Å². The number of fused-ring (bicyclic) bond motifs is 1. The summed E-state index contributed by atoms with van der Waals surface area (Å²) in [4.78, 5) is 20.0. The van der Waals surface area contributed by atoms with Crippen molar-refractivity contribution in [1.82, 2.24) is 14.7 Å². The summed E-state index contributed by atoms with van der Waals surface area (Å²) in [6, 6.07) is 20.1. The van der Waals surface area contributed by atoms with Crippen LogP contribution in [-0.4, -0.2) is 30.8 Å². The number of amides is 1. The zero-order valence-electron chi connectivity index (χ0n) is 17.8. The lowest BCUT2D eigenvalue weighted by Crippen LogP contribution is -2.28. The first-order valence-corrected chi connectivity index (χ1v) is 11.7. The molecule has 1 amide bonds. The smallest absolute Gasteiger partial charge is 0.240 e. The summed E-state index contributed by atoms with van der Waals surface area (Å²) in [6.07, 6.45) is 0.0248. The van der Waals surface area contributed by atoms with Gasteiger partial charge in [-0.3, -0.25) is 4.79 Å². The number of carbonyl (C=O) groups is 1. The van der Waals surface area contributed by atoms with Gasteiger partial charge < -0.3 is 10.3 Å². The van der Waals surface area contributed by atoms with Gasteiger partial charge in [0.15, 0.2) is 0 Å². The van der Waals surface area contributed by atoms with E-state index < -0.39 is 10.0 Å². The highest BCUT2D eigenvalue weighted by Gasteiger charge is 2.16. The summed E-state index contributed by atoms with van der Waals surface area (Å²) in [7, 11) is -3.77. The zero-order chi connectivity index (χ0) is 22.7. The van der Waals surface area contributed by atoms with E-state index >= 15 is 0 Å². The van der Waals surface area contributed by atoms with Gasteiger partial charge in [0.25, 0.3) is 0 Å². The third kappa shape index (κ3) is 4.87. The average molecular weight is 449 g/mol. The van der Waals surface area contributed by atoms with E-state index in [-0.39, 0.29) is 23.8 Å². The van der Waals surface area contributed by atoms with Crippen molar-refractivity contribution in [3.63, 3.8) is 0 Å². The van der Waals surface area contributed by atoms with Crippen molar-refractivity contribution in [2.45, 2.75) is 25.2 Å². The first kappa shape index (κ1) is 21.7. The SMILES string of the molecule is Cc1ccc(NC(=O)CCNS(=O)(=O)c2ccc3nc(-c4ccccc4)[nH]c3c2)c(C)c1. The Balaban J connectivity index is 1.41. The molecule has 0 bridgehead atoms. The second kappa shape index (κ2) is 8.94. The Morgan fingerprint density at radius 1 is 1.00 bits per heavy atom. The third-order valence-corrected chi connectivity index (χ3v) is 6.57. The van der Waals surface area contributed by atoms with Crippen LogP contribution in [0.5, 0.6) is 0 Å². The second-order valence-electron chi connectivity index (χ2n) is 7.64. The summed E-state index contributed by atoms with van der Waals surface area (Å²) in [5.41, 5.74) is 5.01. The number of rotatable bonds is 7. The molecule has 0 aliphatic carbocycles. The second-order valence-corrected chi connectivity index (χ2v) is 9.41. The maximum atomic E-state index is 12.7. The number of anilines is 1. The van der Waals surface area contributed by atoms with E-state index in [9.17, 15) is 13.2 Å². The van der Waals surface area contributed by atoms with Crippen molar-refractivity contribution in [1.29, 1.82) is 0 Å². The fourth-order valence-corrected chi connectivity index (χ4v) is 4.50.